The number of amides is 4. The minimum absolute atomic E-state index is 0.0393. The van der Waals surface area contributed by atoms with Crippen LogP contribution in [0.3, 0.4) is 0 Å². The van der Waals surface area contributed by atoms with Crippen molar-refractivity contribution in [2.75, 3.05) is 28.6 Å². The summed E-state index contributed by atoms with van der Waals surface area (Å²) in [5, 5.41) is 5.63. The summed E-state index contributed by atoms with van der Waals surface area (Å²) in [6, 6.07) is 21.7. The van der Waals surface area contributed by atoms with E-state index in [9.17, 15) is 19.2 Å². The molecule has 3 aromatic rings. The molecule has 1 atom stereocenters. The number of carbonyl (C=O) groups is 4. The van der Waals surface area contributed by atoms with Crippen molar-refractivity contribution in [3.63, 3.8) is 0 Å². The van der Waals surface area contributed by atoms with E-state index in [-0.39, 0.29) is 36.6 Å². The molecule has 8 heteroatoms. The number of carbonyl (C=O) groups excluding carboxylic acids is 4. The van der Waals surface area contributed by atoms with Crippen molar-refractivity contribution in [1.82, 2.24) is 4.90 Å². The topological polar surface area (TPSA) is 98.8 Å². The van der Waals surface area contributed by atoms with Gasteiger partial charge in [0.15, 0.2) is 0 Å². The molecule has 4 amide bonds. The molecular weight excluding hydrogens is 456 g/mol. The largest absolute Gasteiger partial charge is 0.338 e. The summed E-state index contributed by atoms with van der Waals surface area (Å²) in [6.45, 7) is 2.80. The van der Waals surface area contributed by atoms with Gasteiger partial charge in [-0.3, -0.25) is 24.1 Å². The van der Waals surface area contributed by atoms with Crippen LogP contribution in [0.5, 0.6) is 0 Å². The van der Waals surface area contributed by atoms with E-state index in [1.54, 1.807) is 47.4 Å². The summed E-state index contributed by atoms with van der Waals surface area (Å²) < 4.78 is 0. The van der Waals surface area contributed by atoms with E-state index in [1.165, 1.54) is 4.90 Å². The maximum absolute atomic E-state index is 13.1. The fourth-order valence-corrected chi connectivity index (χ4v) is 4.53. The van der Waals surface area contributed by atoms with Gasteiger partial charge in [0.2, 0.25) is 17.7 Å². The summed E-state index contributed by atoms with van der Waals surface area (Å²) in [7, 11) is 0. The predicted octanol–water partition coefficient (Wildman–Crippen LogP) is 3.58. The molecule has 1 saturated heterocycles. The van der Waals surface area contributed by atoms with Crippen LogP contribution in [0.2, 0.25) is 0 Å². The Morgan fingerprint density at radius 2 is 1.69 bits per heavy atom. The van der Waals surface area contributed by atoms with Crippen molar-refractivity contribution in [2.45, 2.75) is 19.9 Å². The number of nitrogens with one attached hydrogen (secondary N) is 2. The average Bonchev–Trinajstić information content (AvgIpc) is 3.25. The number of nitrogens with zero attached hydrogens (tertiary/aromatic N) is 2. The van der Waals surface area contributed by atoms with Crippen molar-refractivity contribution < 1.29 is 19.2 Å². The molecule has 2 N–H and O–H groups in total. The molecule has 2 aliphatic heterocycles. The maximum atomic E-state index is 13.1. The van der Waals surface area contributed by atoms with Gasteiger partial charge in [-0.15, -0.1) is 0 Å². The average molecular weight is 483 g/mol. The third-order valence-corrected chi connectivity index (χ3v) is 6.49. The highest BCUT2D eigenvalue weighted by molar-refractivity contribution is 6.15. The summed E-state index contributed by atoms with van der Waals surface area (Å²) >= 11 is 0. The van der Waals surface area contributed by atoms with Gasteiger partial charge in [0.1, 0.15) is 6.54 Å². The van der Waals surface area contributed by atoms with Gasteiger partial charge in [-0.25, -0.2) is 0 Å². The van der Waals surface area contributed by atoms with E-state index < -0.39 is 5.92 Å². The van der Waals surface area contributed by atoms with Gasteiger partial charge in [-0.1, -0.05) is 42.0 Å². The zero-order valence-corrected chi connectivity index (χ0v) is 19.9. The molecule has 182 valence electrons. The zero-order valence-electron chi connectivity index (χ0n) is 19.9. The minimum Gasteiger partial charge on any atom is -0.338 e. The normalized spacial score (nSPS) is 17.0. The molecule has 2 heterocycles. The molecule has 3 aromatic carbocycles. The van der Waals surface area contributed by atoms with Crippen molar-refractivity contribution in [1.29, 1.82) is 0 Å². The van der Waals surface area contributed by atoms with Crippen LogP contribution in [0.15, 0.2) is 72.8 Å². The van der Waals surface area contributed by atoms with Crippen molar-refractivity contribution in [2.24, 2.45) is 5.92 Å². The molecule has 5 rings (SSSR count). The number of anilines is 3. The lowest BCUT2D eigenvalue weighted by Gasteiger charge is -2.29. The Balaban J connectivity index is 1.21. The minimum atomic E-state index is -0.437. The van der Waals surface area contributed by atoms with E-state index in [0.717, 1.165) is 11.1 Å². The van der Waals surface area contributed by atoms with Crippen LogP contribution in [-0.4, -0.2) is 41.6 Å². The number of hydrogen-bond donors (Lipinski definition) is 2. The first-order valence-corrected chi connectivity index (χ1v) is 11.8. The van der Waals surface area contributed by atoms with E-state index in [0.29, 0.717) is 35.7 Å². The second kappa shape index (κ2) is 9.65. The smallest absolute Gasteiger partial charge is 0.258 e. The Morgan fingerprint density at radius 3 is 2.44 bits per heavy atom. The van der Waals surface area contributed by atoms with Gasteiger partial charge >= 0.3 is 0 Å². The lowest BCUT2D eigenvalue weighted by molar-refractivity contribution is -0.128. The molecule has 8 nitrogen and oxygen atoms in total. The molecule has 2 aliphatic rings. The fraction of sp³-hybridized carbons (Fsp3) is 0.214. The van der Waals surface area contributed by atoms with Crippen LogP contribution in [0, 0.1) is 12.8 Å². The lowest BCUT2D eigenvalue weighted by atomic mass is 10.1. The van der Waals surface area contributed by atoms with Crippen LogP contribution in [0.25, 0.3) is 0 Å². The summed E-state index contributed by atoms with van der Waals surface area (Å²) in [5.41, 5.74) is 4.36. The SMILES string of the molecule is Cc1ccc(CN2CC(C(=O)Nc3ccc(C(=O)N4CC(=O)Nc5ccccc54)cc3)CC2=O)cc1. The lowest BCUT2D eigenvalue weighted by Crippen LogP contribution is -2.42. The molecule has 0 bridgehead atoms. The van der Waals surface area contributed by atoms with Crippen LogP contribution >= 0.6 is 0 Å². The highest BCUT2D eigenvalue weighted by Crippen LogP contribution is 2.30. The Kier molecular flexibility index (Phi) is 6.25. The summed E-state index contributed by atoms with van der Waals surface area (Å²) in [4.78, 5) is 53.6. The van der Waals surface area contributed by atoms with Gasteiger partial charge in [-0.2, -0.15) is 0 Å². The van der Waals surface area contributed by atoms with E-state index in [2.05, 4.69) is 10.6 Å². The Morgan fingerprint density at radius 1 is 0.972 bits per heavy atom. The van der Waals surface area contributed by atoms with Gasteiger partial charge in [-0.05, 0) is 48.9 Å². The Hall–Kier alpha value is -4.46. The van der Waals surface area contributed by atoms with Crippen molar-refractivity contribution in [3.8, 4) is 0 Å². The molecule has 0 radical (unpaired) electrons. The molecule has 0 aliphatic carbocycles. The van der Waals surface area contributed by atoms with Crippen LogP contribution in [0.1, 0.15) is 27.9 Å². The third-order valence-electron chi connectivity index (χ3n) is 6.49. The van der Waals surface area contributed by atoms with Gasteiger partial charge in [0.05, 0.1) is 17.3 Å². The van der Waals surface area contributed by atoms with E-state index >= 15 is 0 Å². The molecule has 1 unspecified atom stereocenters. The number of aryl methyl sites for hydroxylation is 1. The first kappa shape index (κ1) is 23.3. The molecule has 0 saturated carbocycles. The highest BCUT2D eigenvalue weighted by Gasteiger charge is 2.34. The quantitative estimate of drug-likeness (QED) is 0.581. The van der Waals surface area contributed by atoms with Crippen molar-refractivity contribution in [3.05, 3.63) is 89.5 Å². The summed E-state index contributed by atoms with van der Waals surface area (Å²) in [6.07, 6.45) is 0.171. The van der Waals surface area contributed by atoms with Gasteiger partial charge in [0, 0.05) is 30.8 Å². The van der Waals surface area contributed by atoms with Gasteiger partial charge in [0.25, 0.3) is 5.91 Å². The first-order valence-electron chi connectivity index (χ1n) is 11.8. The van der Waals surface area contributed by atoms with Crippen LogP contribution in [0.4, 0.5) is 17.1 Å². The number of para-hydroxylation sites is 2. The highest BCUT2D eigenvalue weighted by atomic mass is 16.2. The molecule has 0 aromatic heterocycles. The predicted molar refractivity (Wildman–Crippen MR) is 137 cm³/mol. The first-order chi connectivity index (χ1) is 17.4. The van der Waals surface area contributed by atoms with E-state index in [1.807, 2.05) is 37.3 Å². The number of likely N-dealkylation sites (tertiary alicyclic amines) is 1. The fourth-order valence-electron chi connectivity index (χ4n) is 4.53. The van der Waals surface area contributed by atoms with Crippen LogP contribution in [-0.2, 0) is 20.9 Å². The number of rotatable bonds is 5. The number of benzene rings is 3. The van der Waals surface area contributed by atoms with Crippen LogP contribution < -0.4 is 15.5 Å². The zero-order chi connectivity index (χ0) is 25.2. The maximum Gasteiger partial charge on any atom is 0.258 e. The second-order valence-electron chi connectivity index (χ2n) is 9.18. The Labute approximate surface area is 208 Å². The Bertz CT molecular complexity index is 1330. The number of hydrogen-bond acceptors (Lipinski definition) is 4. The number of fused-ring (bicyclic) bond motifs is 1. The molecular formula is C28H26N4O4. The standard InChI is InChI=1S/C28H26N4O4/c1-18-6-8-19(9-7-18)15-31-16-21(14-26(31)34)27(35)29-22-12-10-20(11-13-22)28(36)32-17-25(33)30-23-4-2-3-5-24(23)32/h2-13,21H,14-17H2,1H3,(H,29,35)(H,30,33). The van der Waals surface area contributed by atoms with Crippen molar-refractivity contribution >= 4 is 40.7 Å². The van der Waals surface area contributed by atoms with E-state index in [4.69, 9.17) is 0 Å². The van der Waals surface area contributed by atoms with Gasteiger partial charge < -0.3 is 15.5 Å². The monoisotopic (exact) mass is 482 g/mol. The molecule has 0 spiro atoms. The molecule has 1 fully saturated rings. The molecule has 36 heavy (non-hydrogen) atoms. The summed E-state index contributed by atoms with van der Waals surface area (Å²) in [5.74, 6) is -1.26. The third kappa shape index (κ3) is 4.84. The second-order valence-corrected chi connectivity index (χ2v) is 9.18.